The molecule has 0 radical (unpaired) electrons. The van der Waals surface area contributed by atoms with E-state index in [4.69, 9.17) is 0 Å². The van der Waals surface area contributed by atoms with Gasteiger partial charge in [-0.05, 0) is 37.8 Å². The Kier molecular flexibility index (Phi) is 4.28. The van der Waals surface area contributed by atoms with Gasteiger partial charge in [0, 0.05) is 30.9 Å². The molecule has 0 bridgehead atoms. The average molecular weight is 246 g/mol. The summed E-state index contributed by atoms with van der Waals surface area (Å²) in [7, 11) is 0. The highest BCUT2D eigenvalue weighted by Gasteiger charge is 2.23. The largest absolute Gasteiger partial charge is 0.367 e. The summed E-state index contributed by atoms with van der Waals surface area (Å²) in [6.45, 7) is 11.3. The molecule has 1 atom stereocenters. The molecule has 1 aromatic carbocycles. The van der Waals surface area contributed by atoms with E-state index in [9.17, 15) is 0 Å². The Morgan fingerprint density at radius 3 is 2.61 bits per heavy atom. The van der Waals surface area contributed by atoms with Crippen LogP contribution in [0.3, 0.4) is 0 Å². The zero-order chi connectivity index (χ0) is 13.1. The summed E-state index contributed by atoms with van der Waals surface area (Å²) in [4.78, 5) is 2.54. The fourth-order valence-electron chi connectivity index (χ4n) is 2.81. The van der Waals surface area contributed by atoms with Crippen molar-refractivity contribution in [3.05, 3.63) is 29.8 Å². The molecule has 1 aliphatic rings. The summed E-state index contributed by atoms with van der Waals surface area (Å²) in [6, 6.07) is 9.95. The molecule has 1 aliphatic heterocycles. The van der Waals surface area contributed by atoms with Gasteiger partial charge in [-0.15, -0.1) is 0 Å². The van der Waals surface area contributed by atoms with Gasteiger partial charge in [0.25, 0.3) is 0 Å². The second kappa shape index (κ2) is 5.75. The highest BCUT2D eigenvalue weighted by molar-refractivity contribution is 5.55. The first kappa shape index (κ1) is 13.4. The van der Waals surface area contributed by atoms with Crippen molar-refractivity contribution in [3.63, 3.8) is 0 Å². The van der Waals surface area contributed by atoms with Gasteiger partial charge in [0.15, 0.2) is 0 Å². The van der Waals surface area contributed by atoms with Crippen molar-refractivity contribution in [1.29, 1.82) is 0 Å². The van der Waals surface area contributed by atoms with Crippen LogP contribution in [0, 0.1) is 5.92 Å². The van der Waals surface area contributed by atoms with Crippen molar-refractivity contribution in [1.82, 2.24) is 5.32 Å². The van der Waals surface area contributed by atoms with Gasteiger partial charge in [-0.1, -0.05) is 32.0 Å². The van der Waals surface area contributed by atoms with Crippen LogP contribution in [0.1, 0.15) is 39.7 Å². The van der Waals surface area contributed by atoms with Gasteiger partial charge in [0.1, 0.15) is 0 Å². The number of nitrogens with zero attached hydrogens (tertiary/aromatic N) is 1. The lowest BCUT2D eigenvalue weighted by atomic mass is 10.0. The number of hydrogen-bond acceptors (Lipinski definition) is 2. The lowest BCUT2D eigenvalue weighted by Gasteiger charge is -2.32. The maximum Gasteiger partial charge on any atom is 0.0414 e. The molecule has 18 heavy (non-hydrogen) atoms. The van der Waals surface area contributed by atoms with Crippen molar-refractivity contribution >= 4 is 5.69 Å². The molecule has 1 aromatic rings. The number of anilines is 1. The Hall–Kier alpha value is -1.02. The van der Waals surface area contributed by atoms with E-state index >= 15 is 0 Å². The quantitative estimate of drug-likeness (QED) is 0.879. The lowest BCUT2D eigenvalue weighted by molar-refractivity contribution is 0.416. The molecule has 0 saturated heterocycles. The Bertz CT molecular complexity index is 384. The van der Waals surface area contributed by atoms with E-state index in [1.54, 1.807) is 0 Å². The summed E-state index contributed by atoms with van der Waals surface area (Å²) >= 11 is 0. The molecular formula is C16H26N2. The van der Waals surface area contributed by atoms with Gasteiger partial charge in [-0.2, -0.15) is 0 Å². The van der Waals surface area contributed by atoms with Crippen LogP contribution >= 0.6 is 0 Å². The van der Waals surface area contributed by atoms with Crippen molar-refractivity contribution in [2.45, 2.75) is 52.7 Å². The number of fused-ring (bicyclic) bond motifs is 1. The Morgan fingerprint density at radius 1 is 1.22 bits per heavy atom. The third-order valence-corrected chi connectivity index (χ3v) is 3.68. The Balaban J connectivity index is 2.23. The van der Waals surface area contributed by atoms with E-state index in [1.807, 2.05) is 0 Å². The van der Waals surface area contributed by atoms with Crippen molar-refractivity contribution in [2.24, 2.45) is 5.92 Å². The molecule has 0 spiro atoms. The minimum Gasteiger partial charge on any atom is -0.367 e. The lowest BCUT2D eigenvalue weighted by Crippen LogP contribution is -2.42. The highest BCUT2D eigenvalue weighted by Crippen LogP contribution is 2.26. The fraction of sp³-hybridized carbons (Fsp3) is 0.625. The maximum atomic E-state index is 3.71. The van der Waals surface area contributed by atoms with Crippen LogP contribution in [0.5, 0.6) is 0 Å². The van der Waals surface area contributed by atoms with E-state index < -0.39 is 0 Å². The number of para-hydroxylation sites is 1. The van der Waals surface area contributed by atoms with Crippen LogP contribution in [-0.2, 0) is 6.54 Å². The van der Waals surface area contributed by atoms with Gasteiger partial charge < -0.3 is 10.2 Å². The average Bonchev–Trinajstić information content (AvgIpc) is 2.49. The maximum absolute atomic E-state index is 3.71. The monoisotopic (exact) mass is 246 g/mol. The number of nitrogens with one attached hydrogen (secondary N) is 1. The zero-order valence-electron chi connectivity index (χ0n) is 12.1. The van der Waals surface area contributed by atoms with Crippen molar-refractivity contribution in [2.75, 3.05) is 11.4 Å². The number of hydrogen-bond donors (Lipinski definition) is 1. The molecule has 0 saturated carbocycles. The van der Waals surface area contributed by atoms with E-state index in [0.29, 0.717) is 12.1 Å². The van der Waals surface area contributed by atoms with Crippen LogP contribution in [0.2, 0.25) is 0 Å². The third-order valence-electron chi connectivity index (χ3n) is 3.68. The minimum absolute atomic E-state index is 0.556. The molecule has 1 unspecified atom stereocenters. The molecule has 0 amide bonds. The molecule has 2 heteroatoms. The minimum atomic E-state index is 0.556. The Morgan fingerprint density at radius 2 is 1.94 bits per heavy atom. The molecule has 1 N–H and O–H groups in total. The number of rotatable bonds is 3. The van der Waals surface area contributed by atoms with Gasteiger partial charge in [-0.3, -0.25) is 0 Å². The van der Waals surface area contributed by atoms with Crippen LogP contribution in [0.4, 0.5) is 5.69 Å². The first-order valence-corrected chi connectivity index (χ1v) is 7.16. The van der Waals surface area contributed by atoms with Crippen molar-refractivity contribution < 1.29 is 0 Å². The predicted molar refractivity (Wildman–Crippen MR) is 79.0 cm³/mol. The van der Waals surface area contributed by atoms with Crippen LogP contribution < -0.4 is 10.2 Å². The third kappa shape index (κ3) is 3.05. The van der Waals surface area contributed by atoms with Crippen LogP contribution in [0.15, 0.2) is 24.3 Å². The molecular weight excluding hydrogens is 220 g/mol. The summed E-state index contributed by atoms with van der Waals surface area (Å²) < 4.78 is 0. The van der Waals surface area contributed by atoms with E-state index in [2.05, 4.69) is 62.2 Å². The van der Waals surface area contributed by atoms with Crippen LogP contribution in [-0.4, -0.2) is 18.6 Å². The summed E-state index contributed by atoms with van der Waals surface area (Å²) in [5.74, 6) is 0.748. The van der Waals surface area contributed by atoms with Gasteiger partial charge in [-0.25, -0.2) is 0 Å². The first-order valence-electron chi connectivity index (χ1n) is 7.16. The summed E-state index contributed by atoms with van der Waals surface area (Å²) in [5.41, 5.74) is 2.84. The standard InChI is InChI=1S/C16H26N2/c1-12(2)9-15-11-18(13(3)4)16-8-6-5-7-14(16)10-17-15/h5-8,12-13,15,17H,9-11H2,1-4H3. The molecule has 0 aromatic heterocycles. The second-order valence-electron chi connectivity index (χ2n) is 6.08. The normalized spacial score (nSPS) is 20.1. The Labute approximate surface area is 111 Å². The molecule has 0 fully saturated rings. The smallest absolute Gasteiger partial charge is 0.0414 e. The topological polar surface area (TPSA) is 15.3 Å². The summed E-state index contributed by atoms with van der Waals surface area (Å²) in [5, 5.41) is 3.71. The molecule has 100 valence electrons. The fourth-order valence-corrected chi connectivity index (χ4v) is 2.81. The predicted octanol–water partition coefficient (Wildman–Crippen LogP) is 3.42. The van der Waals surface area contributed by atoms with E-state index in [0.717, 1.165) is 19.0 Å². The van der Waals surface area contributed by atoms with E-state index in [1.165, 1.54) is 17.7 Å². The first-order chi connectivity index (χ1) is 8.58. The van der Waals surface area contributed by atoms with Crippen molar-refractivity contribution in [3.8, 4) is 0 Å². The second-order valence-corrected chi connectivity index (χ2v) is 6.08. The molecule has 0 aliphatic carbocycles. The molecule has 2 nitrogen and oxygen atoms in total. The zero-order valence-corrected chi connectivity index (χ0v) is 12.1. The molecule has 2 rings (SSSR count). The van der Waals surface area contributed by atoms with E-state index in [-0.39, 0.29) is 0 Å². The summed E-state index contributed by atoms with van der Waals surface area (Å²) in [6.07, 6.45) is 1.25. The SMILES string of the molecule is CC(C)CC1CN(C(C)C)c2ccccc2CN1. The van der Waals surface area contributed by atoms with Gasteiger partial charge in [0.05, 0.1) is 0 Å². The highest BCUT2D eigenvalue weighted by atomic mass is 15.2. The van der Waals surface area contributed by atoms with Gasteiger partial charge in [0.2, 0.25) is 0 Å². The molecule has 1 heterocycles. The number of benzene rings is 1. The van der Waals surface area contributed by atoms with Crippen LogP contribution in [0.25, 0.3) is 0 Å². The van der Waals surface area contributed by atoms with Gasteiger partial charge >= 0.3 is 0 Å².